The van der Waals surface area contributed by atoms with Crippen molar-refractivity contribution in [3.63, 3.8) is 0 Å². The van der Waals surface area contributed by atoms with Gasteiger partial charge in [0.2, 0.25) is 0 Å². The van der Waals surface area contributed by atoms with Crippen molar-refractivity contribution in [3.05, 3.63) is 35.6 Å². The number of ether oxygens (including phenoxy) is 2. The van der Waals surface area contributed by atoms with Gasteiger partial charge in [-0.3, -0.25) is 9.89 Å². The Labute approximate surface area is 183 Å². The summed E-state index contributed by atoms with van der Waals surface area (Å²) in [6, 6.07) is 6.84. The van der Waals surface area contributed by atoms with Crippen molar-refractivity contribution in [1.29, 1.82) is 0 Å². The van der Waals surface area contributed by atoms with Crippen molar-refractivity contribution < 1.29 is 18.7 Å². The molecule has 1 aromatic carbocycles. The lowest BCUT2D eigenvalue weighted by atomic mass is 10.0. The molecule has 2 N–H and O–H groups in total. The molecule has 8 nitrogen and oxygen atoms in total. The lowest BCUT2D eigenvalue weighted by Crippen LogP contribution is -2.63. The van der Waals surface area contributed by atoms with Gasteiger partial charge in [0.25, 0.3) is 0 Å². The molecule has 0 aliphatic carbocycles. The van der Waals surface area contributed by atoms with E-state index in [9.17, 15) is 9.18 Å². The number of hydrogen-bond donors (Lipinski definition) is 2. The van der Waals surface area contributed by atoms with Crippen LogP contribution in [-0.2, 0) is 9.47 Å². The molecule has 0 aromatic heterocycles. The summed E-state index contributed by atoms with van der Waals surface area (Å²) < 4.78 is 24.3. The van der Waals surface area contributed by atoms with Crippen LogP contribution in [0.1, 0.15) is 32.4 Å². The quantitative estimate of drug-likeness (QED) is 0.544. The van der Waals surface area contributed by atoms with Crippen LogP contribution in [0.5, 0.6) is 0 Å². The molecule has 9 heteroatoms. The number of nitrogens with one attached hydrogen (secondary N) is 2. The van der Waals surface area contributed by atoms with Gasteiger partial charge in [0.15, 0.2) is 5.96 Å². The second kappa shape index (κ2) is 10.3. The van der Waals surface area contributed by atoms with E-state index in [-0.39, 0.29) is 24.0 Å². The van der Waals surface area contributed by atoms with Gasteiger partial charge in [-0.2, -0.15) is 0 Å². The third kappa shape index (κ3) is 6.80. The van der Waals surface area contributed by atoms with E-state index < -0.39 is 5.60 Å². The van der Waals surface area contributed by atoms with E-state index in [1.165, 1.54) is 12.1 Å². The van der Waals surface area contributed by atoms with Gasteiger partial charge in [0.05, 0.1) is 25.3 Å². The molecular weight excluding hydrogens is 401 g/mol. The Morgan fingerprint density at radius 2 is 1.90 bits per heavy atom. The average molecular weight is 436 g/mol. The Morgan fingerprint density at radius 3 is 2.48 bits per heavy atom. The fourth-order valence-corrected chi connectivity index (χ4v) is 3.66. The molecular formula is C22H34FN5O3. The molecule has 1 amide bonds. The first kappa shape index (κ1) is 23.3. The number of amides is 1. The first-order valence-electron chi connectivity index (χ1n) is 10.8. The van der Waals surface area contributed by atoms with Crippen molar-refractivity contribution in [2.75, 3.05) is 53.0 Å². The summed E-state index contributed by atoms with van der Waals surface area (Å²) in [4.78, 5) is 20.4. The minimum atomic E-state index is -0.498. The molecule has 0 bridgehead atoms. The number of rotatable bonds is 5. The van der Waals surface area contributed by atoms with Crippen LogP contribution in [0.15, 0.2) is 29.3 Å². The van der Waals surface area contributed by atoms with E-state index in [2.05, 4.69) is 20.5 Å². The fraction of sp³-hybridized carbons (Fsp3) is 0.636. The average Bonchev–Trinajstić information content (AvgIpc) is 2.69. The Bertz CT molecular complexity index is 753. The van der Waals surface area contributed by atoms with Crippen LogP contribution in [0.4, 0.5) is 9.18 Å². The summed E-state index contributed by atoms with van der Waals surface area (Å²) in [6.45, 7) is 10.4. The van der Waals surface area contributed by atoms with E-state index in [1.807, 2.05) is 32.9 Å². The summed E-state index contributed by atoms with van der Waals surface area (Å²) in [6.07, 6.45) is -0.294. The number of aliphatic imine (C=N–C) groups is 1. The summed E-state index contributed by atoms with van der Waals surface area (Å²) >= 11 is 0. The maximum Gasteiger partial charge on any atom is 0.410 e. The molecule has 0 saturated carbocycles. The van der Waals surface area contributed by atoms with E-state index in [0.29, 0.717) is 38.8 Å². The first-order chi connectivity index (χ1) is 14.7. The Balaban J connectivity index is 1.53. The fourth-order valence-electron chi connectivity index (χ4n) is 3.66. The zero-order valence-electron chi connectivity index (χ0n) is 18.9. The number of halogens is 1. The van der Waals surface area contributed by atoms with Crippen molar-refractivity contribution in [2.24, 2.45) is 4.99 Å². The number of hydrogen-bond acceptors (Lipinski definition) is 5. The van der Waals surface area contributed by atoms with Gasteiger partial charge in [0.1, 0.15) is 11.4 Å². The SMILES string of the molecule is CN=C(NCC(c1ccc(F)cc1)N1CCOCC1)NC1CN(C(=O)OC(C)(C)C)C1. The van der Waals surface area contributed by atoms with E-state index >= 15 is 0 Å². The van der Waals surface area contributed by atoms with Crippen molar-refractivity contribution >= 4 is 12.1 Å². The highest BCUT2D eigenvalue weighted by molar-refractivity contribution is 5.80. The minimum Gasteiger partial charge on any atom is -0.444 e. The highest BCUT2D eigenvalue weighted by Crippen LogP contribution is 2.22. The predicted molar refractivity (Wildman–Crippen MR) is 118 cm³/mol. The van der Waals surface area contributed by atoms with E-state index in [4.69, 9.17) is 9.47 Å². The molecule has 2 aliphatic rings. The highest BCUT2D eigenvalue weighted by Gasteiger charge is 2.34. The van der Waals surface area contributed by atoms with Gasteiger partial charge in [0, 0.05) is 39.8 Å². The molecule has 0 radical (unpaired) electrons. The Hall–Kier alpha value is -2.39. The molecule has 2 aliphatic heterocycles. The Kier molecular flexibility index (Phi) is 7.72. The lowest BCUT2D eigenvalue weighted by Gasteiger charge is -2.41. The molecule has 172 valence electrons. The van der Waals surface area contributed by atoms with Crippen LogP contribution in [0.3, 0.4) is 0 Å². The second-order valence-electron chi connectivity index (χ2n) is 8.90. The smallest absolute Gasteiger partial charge is 0.410 e. The van der Waals surface area contributed by atoms with E-state index in [0.717, 1.165) is 18.7 Å². The number of guanidine groups is 1. The maximum atomic E-state index is 13.4. The van der Waals surface area contributed by atoms with Gasteiger partial charge in [-0.25, -0.2) is 9.18 Å². The highest BCUT2D eigenvalue weighted by atomic mass is 19.1. The van der Waals surface area contributed by atoms with Crippen molar-refractivity contribution in [2.45, 2.75) is 38.5 Å². The molecule has 2 heterocycles. The molecule has 3 rings (SSSR count). The minimum absolute atomic E-state index is 0.0719. The summed E-state index contributed by atoms with van der Waals surface area (Å²) in [5.41, 5.74) is 0.549. The van der Waals surface area contributed by atoms with Crippen molar-refractivity contribution in [3.8, 4) is 0 Å². The second-order valence-corrected chi connectivity index (χ2v) is 8.90. The van der Waals surface area contributed by atoms with Crippen molar-refractivity contribution in [1.82, 2.24) is 20.4 Å². The number of nitrogens with zero attached hydrogens (tertiary/aromatic N) is 3. The lowest BCUT2D eigenvalue weighted by molar-refractivity contribution is 0.00687. The van der Waals surface area contributed by atoms with Crippen LogP contribution >= 0.6 is 0 Å². The third-order valence-electron chi connectivity index (χ3n) is 5.30. The maximum absolute atomic E-state index is 13.4. The van der Waals surface area contributed by atoms with E-state index in [1.54, 1.807) is 11.9 Å². The third-order valence-corrected chi connectivity index (χ3v) is 5.30. The molecule has 0 spiro atoms. The molecule has 2 saturated heterocycles. The predicted octanol–water partition coefficient (Wildman–Crippen LogP) is 1.98. The largest absolute Gasteiger partial charge is 0.444 e. The van der Waals surface area contributed by atoms with Crippen LogP contribution < -0.4 is 10.6 Å². The number of morpholine rings is 1. The molecule has 1 aromatic rings. The van der Waals surface area contributed by atoms with Crippen LogP contribution in [0.25, 0.3) is 0 Å². The summed E-state index contributed by atoms with van der Waals surface area (Å²) in [7, 11) is 1.72. The molecule has 1 unspecified atom stereocenters. The molecule has 31 heavy (non-hydrogen) atoms. The van der Waals surface area contributed by atoms with Gasteiger partial charge in [-0.1, -0.05) is 12.1 Å². The number of carbonyl (C=O) groups is 1. The van der Waals surface area contributed by atoms with Gasteiger partial charge >= 0.3 is 6.09 Å². The summed E-state index contributed by atoms with van der Waals surface area (Å²) in [5.74, 6) is 0.434. The van der Waals surface area contributed by atoms with Crippen LogP contribution in [0.2, 0.25) is 0 Å². The number of benzene rings is 1. The normalized spacial score (nSPS) is 19.5. The monoisotopic (exact) mass is 435 g/mol. The standard InChI is InChI=1S/C22H34FN5O3/c1-22(2,3)31-21(29)28-14-18(15-28)26-20(24-4)25-13-19(27-9-11-30-12-10-27)16-5-7-17(23)8-6-16/h5-8,18-19H,9-15H2,1-4H3,(H2,24,25,26). The van der Waals surface area contributed by atoms with Crippen LogP contribution in [0, 0.1) is 5.82 Å². The Morgan fingerprint density at radius 1 is 1.26 bits per heavy atom. The zero-order valence-corrected chi connectivity index (χ0v) is 18.9. The van der Waals surface area contributed by atoms with Gasteiger partial charge in [-0.15, -0.1) is 0 Å². The number of carbonyl (C=O) groups excluding carboxylic acids is 1. The zero-order chi connectivity index (χ0) is 22.4. The van der Waals surface area contributed by atoms with Gasteiger partial charge < -0.3 is 25.0 Å². The topological polar surface area (TPSA) is 78.4 Å². The van der Waals surface area contributed by atoms with Gasteiger partial charge in [-0.05, 0) is 38.5 Å². The summed E-state index contributed by atoms with van der Waals surface area (Å²) in [5, 5.41) is 6.75. The first-order valence-corrected chi connectivity index (χ1v) is 10.8. The van der Waals surface area contributed by atoms with Crippen LogP contribution in [-0.4, -0.2) is 86.5 Å². The number of likely N-dealkylation sites (tertiary alicyclic amines) is 1. The molecule has 1 atom stereocenters. The molecule has 2 fully saturated rings.